The van der Waals surface area contributed by atoms with Crippen LogP contribution in [0.15, 0.2) is 53.3 Å². The van der Waals surface area contributed by atoms with Crippen LogP contribution in [0.3, 0.4) is 0 Å². The van der Waals surface area contributed by atoms with Gasteiger partial charge >= 0.3 is 0 Å². The van der Waals surface area contributed by atoms with Crippen LogP contribution in [-0.4, -0.2) is 10.9 Å². The summed E-state index contributed by atoms with van der Waals surface area (Å²) in [5.41, 5.74) is 2.42. The molecule has 0 atom stereocenters. The molecule has 3 aromatic rings. The minimum atomic E-state index is -0.400. The van der Waals surface area contributed by atoms with Gasteiger partial charge in [0.25, 0.3) is 5.56 Å². The number of nitrogens with one attached hydrogen (secondary N) is 2. The maximum Gasteiger partial charge on any atom is 0.251 e. The van der Waals surface area contributed by atoms with Crippen LogP contribution < -0.4 is 10.9 Å². The number of pyridine rings is 1. The molecule has 0 spiro atoms. The number of amides is 1. The average molecular weight is 324 g/mol. The third-order valence-electron chi connectivity index (χ3n) is 3.93. The fraction of sp³-hybridized carbons (Fsp3) is 0.158. The van der Waals surface area contributed by atoms with Crippen molar-refractivity contribution in [2.75, 3.05) is 5.32 Å². The van der Waals surface area contributed by atoms with E-state index < -0.39 is 5.82 Å². The highest BCUT2D eigenvalue weighted by Crippen LogP contribution is 2.15. The Balaban J connectivity index is 1.72. The van der Waals surface area contributed by atoms with E-state index in [1.165, 1.54) is 12.1 Å². The summed E-state index contributed by atoms with van der Waals surface area (Å²) in [6, 6.07) is 13.5. The van der Waals surface area contributed by atoms with Crippen molar-refractivity contribution in [3.05, 3.63) is 75.8 Å². The second-order valence-electron chi connectivity index (χ2n) is 5.72. The fourth-order valence-corrected chi connectivity index (χ4v) is 2.58. The SMILES string of the molecule is Cc1ccccc1NC(=O)CCc1cc2ccc(F)cc2[nH]c1=O. The molecule has 0 bridgehead atoms. The highest BCUT2D eigenvalue weighted by Gasteiger charge is 2.08. The second-order valence-corrected chi connectivity index (χ2v) is 5.72. The Kier molecular flexibility index (Phi) is 4.42. The summed E-state index contributed by atoms with van der Waals surface area (Å²) in [4.78, 5) is 26.8. The number of H-pyrrole nitrogens is 1. The van der Waals surface area contributed by atoms with E-state index in [2.05, 4.69) is 10.3 Å². The summed E-state index contributed by atoms with van der Waals surface area (Å²) in [6.07, 6.45) is 0.518. The van der Waals surface area contributed by atoms with E-state index in [1.54, 1.807) is 12.1 Å². The third-order valence-corrected chi connectivity index (χ3v) is 3.93. The Morgan fingerprint density at radius 1 is 1.17 bits per heavy atom. The number of fused-ring (bicyclic) bond motifs is 1. The Labute approximate surface area is 138 Å². The molecule has 4 nitrogen and oxygen atoms in total. The molecule has 0 unspecified atom stereocenters. The van der Waals surface area contributed by atoms with E-state index in [1.807, 2.05) is 31.2 Å². The molecule has 0 saturated heterocycles. The van der Waals surface area contributed by atoms with Crippen LogP contribution in [0, 0.1) is 12.7 Å². The first-order chi connectivity index (χ1) is 11.5. The molecule has 0 aliphatic heterocycles. The van der Waals surface area contributed by atoms with Crippen LogP contribution in [0.25, 0.3) is 10.9 Å². The van der Waals surface area contributed by atoms with Crippen molar-refractivity contribution in [1.29, 1.82) is 0 Å². The zero-order valence-electron chi connectivity index (χ0n) is 13.2. The van der Waals surface area contributed by atoms with Crippen molar-refractivity contribution in [3.63, 3.8) is 0 Å². The van der Waals surface area contributed by atoms with E-state index in [4.69, 9.17) is 0 Å². The zero-order chi connectivity index (χ0) is 17.1. The first-order valence-corrected chi connectivity index (χ1v) is 7.70. The highest BCUT2D eigenvalue weighted by molar-refractivity contribution is 5.91. The van der Waals surface area contributed by atoms with E-state index in [-0.39, 0.29) is 17.9 Å². The van der Waals surface area contributed by atoms with Gasteiger partial charge < -0.3 is 10.3 Å². The number of anilines is 1. The molecule has 1 amide bonds. The Hall–Kier alpha value is -2.95. The number of para-hydroxylation sites is 1. The number of aromatic amines is 1. The van der Waals surface area contributed by atoms with Crippen molar-refractivity contribution < 1.29 is 9.18 Å². The van der Waals surface area contributed by atoms with Gasteiger partial charge in [0, 0.05) is 17.7 Å². The number of carbonyl (C=O) groups excluding carboxylic acids is 1. The number of halogens is 1. The summed E-state index contributed by atoms with van der Waals surface area (Å²) in [6.45, 7) is 1.92. The minimum Gasteiger partial charge on any atom is -0.326 e. The van der Waals surface area contributed by atoms with E-state index in [0.717, 1.165) is 16.6 Å². The summed E-state index contributed by atoms with van der Waals surface area (Å²) in [5.74, 6) is -0.550. The number of hydrogen-bond donors (Lipinski definition) is 2. The van der Waals surface area contributed by atoms with Gasteiger partial charge in [0.2, 0.25) is 5.91 Å². The van der Waals surface area contributed by atoms with E-state index in [0.29, 0.717) is 17.5 Å². The topological polar surface area (TPSA) is 62.0 Å². The third kappa shape index (κ3) is 3.51. The molecular weight excluding hydrogens is 307 g/mol. The molecule has 2 aromatic carbocycles. The van der Waals surface area contributed by atoms with Crippen LogP contribution in [0.5, 0.6) is 0 Å². The van der Waals surface area contributed by atoms with Crippen LogP contribution in [0.4, 0.5) is 10.1 Å². The molecule has 1 heterocycles. The lowest BCUT2D eigenvalue weighted by Gasteiger charge is -2.08. The molecule has 1 aromatic heterocycles. The van der Waals surface area contributed by atoms with Gasteiger partial charge in [0.05, 0.1) is 5.52 Å². The lowest BCUT2D eigenvalue weighted by atomic mass is 10.1. The number of hydrogen-bond acceptors (Lipinski definition) is 2. The van der Waals surface area contributed by atoms with Crippen LogP contribution in [0.2, 0.25) is 0 Å². The first-order valence-electron chi connectivity index (χ1n) is 7.70. The summed E-state index contributed by atoms with van der Waals surface area (Å²) in [7, 11) is 0. The zero-order valence-corrected chi connectivity index (χ0v) is 13.2. The molecule has 0 radical (unpaired) electrons. The second kappa shape index (κ2) is 6.66. The largest absolute Gasteiger partial charge is 0.326 e. The van der Waals surface area contributed by atoms with Crippen molar-refractivity contribution in [1.82, 2.24) is 4.98 Å². The van der Waals surface area contributed by atoms with Crippen LogP contribution in [-0.2, 0) is 11.2 Å². The summed E-state index contributed by atoms with van der Waals surface area (Å²) >= 11 is 0. The first kappa shape index (κ1) is 15.9. The standard InChI is InChI=1S/C19H17FN2O2/c1-12-4-2-3-5-16(12)21-18(23)9-7-14-10-13-6-8-15(20)11-17(13)22-19(14)24/h2-6,8,10-11H,7,9H2,1H3,(H,21,23)(H,22,24). The molecule has 3 rings (SSSR count). The van der Waals surface area contributed by atoms with E-state index >= 15 is 0 Å². The average Bonchev–Trinajstić information content (AvgIpc) is 2.55. The van der Waals surface area contributed by atoms with Gasteiger partial charge in [0.1, 0.15) is 5.82 Å². The predicted molar refractivity (Wildman–Crippen MR) is 92.7 cm³/mol. The fourth-order valence-electron chi connectivity index (χ4n) is 2.58. The Morgan fingerprint density at radius 2 is 1.96 bits per heavy atom. The van der Waals surface area contributed by atoms with Gasteiger partial charge in [0.15, 0.2) is 0 Å². The summed E-state index contributed by atoms with van der Waals surface area (Å²) < 4.78 is 13.2. The summed E-state index contributed by atoms with van der Waals surface area (Å²) in [5, 5.41) is 3.58. The van der Waals surface area contributed by atoms with Crippen molar-refractivity contribution in [3.8, 4) is 0 Å². The smallest absolute Gasteiger partial charge is 0.251 e. The molecule has 0 aliphatic carbocycles. The molecule has 122 valence electrons. The quantitative estimate of drug-likeness (QED) is 0.771. The molecule has 2 N–H and O–H groups in total. The van der Waals surface area contributed by atoms with Gasteiger partial charge in [-0.1, -0.05) is 18.2 Å². The number of benzene rings is 2. The Morgan fingerprint density at radius 3 is 2.75 bits per heavy atom. The number of aromatic nitrogens is 1. The normalized spacial score (nSPS) is 10.8. The molecular formula is C19H17FN2O2. The molecule has 0 fully saturated rings. The van der Waals surface area contributed by atoms with Crippen molar-refractivity contribution in [2.45, 2.75) is 19.8 Å². The maximum atomic E-state index is 13.2. The Bertz CT molecular complexity index is 963. The molecule has 24 heavy (non-hydrogen) atoms. The van der Waals surface area contributed by atoms with Gasteiger partial charge in [-0.25, -0.2) is 4.39 Å². The van der Waals surface area contributed by atoms with Crippen molar-refractivity contribution in [2.24, 2.45) is 0 Å². The van der Waals surface area contributed by atoms with Gasteiger partial charge in [-0.15, -0.1) is 0 Å². The molecule has 0 saturated carbocycles. The molecule has 0 aliphatic rings. The highest BCUT2D eigenvalue weighted by atomic mass is 19.1. The number of aryl methyl sites for hydroxylation is 2. The van der Waals surface area contributed by atoms with Crippen molar-refractivity contribution >= 4 is 22.5 Å². The van der Waals surface area contributed by atoms with Gasteiger partial charge in [-0.2, -0.15) is 0 Å². The van der Waals surface area contributed by atoms with Crippen LogP contribution in [0.1, 0.15) is 17.5 Å². The maximum absolute atomic E-state index is 13.2. The van der Waals surface area contributed by atoms with E-state index in [9.17, 15) is 14.0 Å². The number of rotatable bonds is 4. The van der Waals surface area contributed by atoms with Gasteiger partial charge in [-0.3, -0.25) is 9.59 Å². The minimum absolute atomic E-state index is 0.150. The lowest BCUT2D eigenvalue weighted by molar-refractivity contribution is -0.116. The predicted octanol–water partition coefficient (Wildman–Crippen LogP) is 3.55. The lowest BCUT2D eigenvalue weighted by Crippen LogP contribution is -2.17. The van der Waals surface area contributed by atoms with Crippen LogP contribution >= 0.6 is 0 Å². The molecule has 5 heteroatoms. The van der Waals surface area contributed by atoms with Gasteiger partial charge in [-0.05, 0) is 54.6 Å². The number of carbonyl (C=O) groups is 1. The monoisotopic (exact) mass is 324 g/mol.